The van der Waals surface area contributed by atoms with E-state index < -0.39 is 0 Å². The summed E-state index contributed by atoms with van der Waals surface area (Å²) in [6.07, 6.45) is 6.17. The van der Waals surface area contributed by atoms with Crippen LogP contribution in [0.1, 0.15) is 59.1 Å². The largest absolute Gasteiger partial charge is 0.371 e. The van der Waals surface area contributed by atoms with Gasteiger partial charge in [-0.3, -0.25) is 24.7 Å². The zero-order valence-electron chi connectivity index (χ0n) is 30.7. The molecule has 6 heterocycles. The van der Waals surface area contributed by atoms with Gasteiger partial charge in [0.25, 0.3) is 0 Å². The van der Waals surface area contributed by atoms with E-state index in [1.807, 2.05) is 13.2 Å². The molecule has 4 aliphatic rings. The summed E-state index contributed by atoms with van der Waals surface area (Å²) < 4.78 is 1.80. The van der Waals surface area contributed by atoms with Crippen LogP contribution in [0.2, 0.25) is 0 Å². The van der Waals surface area contributed by atoms with Crippen LogP contribution in [0.3, 0.4) is 0 Å². The Labute approximate surface area is 309 Å². The molecule has 3 aromatic carbocycles. The summed E-state index contributed by atoms with van der Waals surface area (Å²) in [6, 6.07) is 20.0. The summed E-state index contributed by atoms with van der Waals surface area (Å²) in [5, 5.41) is 15.1. The highest BCUT2D eigenvalue weighted by Crippen LogP contribution is 2.34. The molecule has 3 N–H and O–H groups in total. The highest BCUT2D eigenvalue weighted by Gasteiger charge is 2.35. The van der Waals surface area contributed by atoms with Gasteiger partial charge in [-0.1, -0.05) is 30.3 Å². The second-order valence-corrected chi connectivity index (χ2v) is 15.2. The van der Waals surface area contributed by atoms with Crippen LogP contribution in [0.5, 0.6) is 0 Å². The molecule has 5 aromatic rings. The van der Waals surface area contributed by atoms with Crippen molar-refractivity contribution in [1.29, 1.82) is 0 Å². The van der Waals surface area contributed by atoms with E-state index >= 15 is 0 Å². The Morgan fingerprint density at radius 3 is 2.36 bits per heavy atom. The lowest BCUT2D eigenvalue weighted by Crippen LogP contribution is -2.50. The van der Waals surface area contributed by atoms with Crippen molar-refractivity contribution in [2.45, 2.75) is 77.7 Å². The van der Waals surface area contributed by atoms with Crippen molar-refractivity contribution in [2.24, 2.45) is 7.05 Å². The predicted octanol–water partition coefficient (Wildman–Crippen LogP) is 5.62. The van der Waals surface area contributed by atoms with Crippen molar-refractivity contribution in [1.82, 2.24) is 34.9 Å². The van der Waals surface area contributed by atoms with Gasteiger partial charge in [-0.2, -0.15) is 10.1 Å². The van der Waals surface area contributed by atoms with Crippen molar-refractivity contribution in [3.8, 4) is 0 Å². The number of carbonyl (C=O) groups is 2. The van der Waals surface area contributed by atoms with Crippen LogP contribution in [0.4, 0.5) is 28.8 Å². The molecule has 2 fully saturated rings. The van der Waals surface area contributed by atoms with Crippen LogP contribution in [0, 0.1) is 13.8 Å². The van der Waals surface area contributed by atoms with Gasteiger partial charge in [0, 0.05) is 82.0 Å². The number of amides is 2. The molecular formula is C41H46N10O2. The maximum absolute atomic E-state index is 12.5. The summed E-state index contributed by atoms with van der Waals surface area (Å²) in [4.78, 5) is 41.1. The number of aromatic nitrogens is 4. The SMILES string of the molecule is Cc1cccc(C)c1Nc1nn(C)c2nc(Nc3ccc4c(c3)CN(C3CCN(c5ccc6c(c5)CN(C5CCC(=O)NC5=O)C6)CC3)CC4)ncc12. The molecular weight excluding hydrogens is 665 g/mol. The number of imide groups is 1. The number of nitrogens with one attached hydrogen (secondary N) is 3. The molecule has 12 nitrogen and oxygen atoms in total. The standard InChI is InChI=1S/C41H46N10O2/c1-25-5-4-6-26(2)37(25)45-38-34-21-42-41(46-39(34)48(3)47-38)43-31-9-7-27-13-16-50(23-29(27)19-31)32-14-17-49(18-15-32)33-10-8-28-22-51(24-30(28)20-33)35-11-12-36(52)44-40(35)53/h4-10,19-21,32,35H,11-18,22-24H2,1-3H3,(H,45,47)(H,42,43,46)(H,44,52,53). The number of hydrogen-bond donors (Lipinski definition) is 3. The van der Waals surface area contributed by atoms with Gasteiger partial charge in [0.05, 0.1) is 11.4 Å². The van der Waals surface area contributed by atoms with Crippen molar-refractivity contribution in [3.63, 3.8) is 0 Å². The maximum Gasteiger partial charge on any atom is 0.243 e. The lowest BCUT2D eigenvalue weighted by molar-refractivity contribution is -0.137. The monoisotopic (exact) mass is 710 g/mol. The summed E-state index contributed by atoms with van der Waals surface area (Å²) in [5.41, 5.74) is 11.8. The van der Waals surface area contributed by atoms with Gasteiger partial charge < -0.3 is 15.5 Å². The number of piperidine rings is 2. The Hall–Kier alpha value is -5.33. The van der Waals surface area contributed by atoms with Crippen LogP contribution in [0.25, 0.3) is 11.0 Å². The molecule has 0 bridgehead atoms. The number of para-hydroxylation sites is 1. The van der Waals surface area contributed by atoms with Crippen molar-refractivity contribution >= 4 is 51.7 Å². The minimum atomic E-state index is -0.226. The van der Waals surface area contributed by atoms with E-state index in [2.05, 4.69) is 104 Å². The number of benzene rings is 3. The Kier molecular flexibility index (Phi) is 8.58. The topological polar surface area (TPSA) is 124 Å². The van der Waals surface area contributed by atoms with Gasteiger partial charge in [-0.05, 0) is 97.2 Å². The van der Waals surface area contributed by atoms with E-state index in [4.69, 9.17) is 10.1 Å². The lowest BCUT2D eigenvalue weighted by Gasteiger charge is -2.41. The predicted molar refractivity (Wildman–Crippen MR) is 206 cm³/mol. The molecule has 0 radical (unpaired) electrons. The smallest absolute Gasteiger partial charge is 0.243 e. The maximum atomic E-state index is 12.5. The van der Waals surface area contributed by atoms with Crippen molar-refractivity contribution < 1.29 is 9.59 Å². The lowest BCUT2D eigenvalue weighted by atomic mass is 9.94. The van der Waals surface area contributed by atoms with Crippen molar-refractivity contribution in [3.05, 3.63) is 94.2 Å². The molecule has 2 aromatic heterocycles. The first-order valence-electron chi connectivity index (χ1n) is 18.9. The minimum Gasteiger partial charge on any atom is -0.371 e. The highest BCUT2D eigenvalue weighted by atomic mass is 16.2. The first-order chi connectivity index (χ1) is 25.8. The molecule has 12 heteroatoms. The molecule has 4 aliphatic heterocycles. The third-order valence-electron chi connectivity index (χ3n) is 11.7. The van der Waals surface area contributed by atoms with Crippen LogP contribution < -0.4 is 20.9 Å². The third-order valence-corrected chi connectivity index (χ3v) is 11.7. The number of nitrogens with zero attached hydrogens (tertiary/aromatic N) is 7. The number of hydrogen-bond acceptors (Lipinski definition) is 10. The minimum absolute atomic E-state index is 0.155. The third kappa shape index (κ3) is 6.50. The van der Waals surface area contributed by atoms with Crippen LogP contribution >= 0.6 is 0 Å². The molecule has 0 spiro atoms. The van der Waals surface area contributed by atoms with E-state index in [0.717, 1.165) is 97.9 Å². The first kappa shape index (κ1) is 33.5. The van der Waals surface area contributed by atoms with E-state index in [1.54, 1.807) is 4.68 Å². The van der Waals surface area contributed by atoms with E-state index in [-0.39, 0.29) is 17.9 Å². The average Bonchev–Trinajstić information content (AvgIpc) is 3.72. The highest BCUT2D eigenvalue weighted by molar-refractivity contribution is 6.00. The molecule has 0 aliphatic carbocycles. The fourth-order valence-corrected chi connectivity index (χ4v) is 8.76. The summed E-state index contributed by atoms with van der Waals surface area (Å²) in [6.45, 7) is 9.79. The van der Waals surface area contributed by atoms with Gasteiger partial charge in [-0.25, -0.2) is 9.67 Å². The second-order valence-electron chi connectivity index (χ2n) is 15.2. The zero-order chi connectivity index (χ0) is 36.2. The molecule has 2 saturated heterocycles. The van der Waals surface area contributed by atoms with E-state index in [0.29, 0.717) is 24.8 Å². The summed E-state index contributed by atoms with van der Waals surface area (Å²) in [5.74, 6) is 0.981. The summed E-state index contributed by atoms with van der Waals surface area (Å²) >= 11 is 0. The van der Waals surface area contributed by atoms with Gasteiger partial charge in [0.1, 0.15) is 0 Å². The van der Waals surface area contributed by atoms with Crippen LogP contribution in [-0.2, 0) is 42.7 Å². The number of aryl methyl sites for hydroxylation is 3. The van der Waals surface area contributed by atoms with Gasteiger partial charge in [0.2, 0.25) is 17.8 Å². The Bertz CT molecular complexity index is 2220. The number of anilines is 5. The number of fused-ring (bicyclic) bond motifs is 3. The molecule has 2 amide bonds. The molecule has 1 atom stereocenters. The van der Waals surface area contributed by atoms with E-state index in [9.17, 15) is 9.59 Å². The number of carbonyl (C=O) groups excluding carboxylic acids is 2. The average molecular weight is 711 g/mol. The first-order valence-corrected chi connectivity index (χ1v) is 18.9. The Morgan fingerprint density at radius 1 is 0.792 bits per heavy atom. The van der Waals surface area contributed by atoms with E-state index in [1.165, 1.54) is 27.9 Å². The second kappa shape index (κ2) is 13.6. The van der Waals surface area contributed by atoms with Gasteiger partial charge >= 0.3 is 0 Å². The normalized spacial score (nSPS) is 19.7. The molecule has 1 unspecified atom stereocenters. The molecule has 9 rings (SSSR count). The molecule has 53 heavy (non-hydrogen) atoms. The fraction of sp³-hybridized carbons (Fsp3) is 0.390. The molecule has 0 saturated carbocycles. The Morgan fingerprint density at radius 2 is 1.55 bits per heavy atom. The van der Waals surface area contributed by atoms with Gasteiger partial charge in [0.15, 0.2) is 11.5 Å². The Balaban J connectivity index is 0.824. The molecule has 272 valence electrons. The fourth-order valence-electron chi connectivity index (χ4n) is 8.76. The zero-order valence-corrected chi connectivity index (χ0v) is 30.7. The van der Waals surface area contributed by atoms with Gasteiger partial charge in [-0.15, -0.1) is 0 Å². The summed E-state index contributed by atoms with van der Waals surface area (Å²) in [7, 11) is 1.91. The van der Waals surface area contributed by atoms with Crippen LogP contribution in [0.15, 0.2) is 60.8 Å². The van der Waals surface area contributed by atoms with Crippen LogP contribution in [-0.4, -0.2) is 73.1 Å². The number of rotatable bonds is 7. The quantitative estimate of drug-likeness (QED) is 0.184. The van der Waals surface area contributed by atoms with Crippen molar-refractivity contribution in [2.75, 3.05) is 35.2 Å².